The molecule has 8 rings (SSSR count). The molecule has 0 fully saturated rings. The predicted octanol–water partition coefficient (Wildman–Crippen LogP) is 8.90. The second kappa shape index (κ2) is 10.4. The summed E-state index contributed by atoms with van der Waals surface area (Å²) in [7, 11) is 0. The van der Waals surface area contributed by atoms with Crippen LogP contribution in [0.4, 0.5) is 0 Å². The average molecular weight is 554 g/mol. The van der Waals surface area contributed by atoms with Gasteiger partial charge >= 0.3 is 0 Å². The standard InChI is InChI=1S/C37H23N5O/c1-3-8-26(9-4-1)35-40-36(27-10-5-2-6-11-27)42-37(41-35)29-12-7-13-32-33(29)31-23-28(24-14-18-38-19-15-24)22-30(34(31)43-32)25-16-20-39-21-17-25/h1-23H. The zero-order valence-electron chi connectivity index (χ0n) is 22.9. The molecule has 0 saturated heterocycles. The fourth-order valence-corrected chi connectivity index (χ4v) is 5.50. The first-order chi connectivity index (χ1) is 21.3. The van der Waals surface area contributed by atoms with Crippen molar-refractivity contribution in [2.45, 2.75) is 0 Å². The van der Waals surface area contributed by atoms with E-state index in [0.29, 0.717) is 17.5 Å². The van der Waals surface area contributed by atoms with Gasteiger partial charge in [-0.15, -0.1) is 0 Å². The van der Waals surface area contributed by atoms with Gasteiger partial charge < -0.3 is 4.42 Å². The molecule has 43 heavy (non-hydrogen) atoms. The number of hydrogen-bond donors (Lipinski definition) is 0. The highest BCUT2D eigenvalue weighted by Gasteiger charge is 2.20. The maximum atomic E-state index is 6.62. The van der Waals surface area contributed by atoms with Crippen LogP contribution in [-0.2, 0) is 0 Å². The van der Waals surface area contributed by atoms with Gasteiger partial charge in [-0.05, 0) is 59.2 Å². The number of hydrogen-bond acceptors (Lipinski definition) is 6. The molecule has 0 bridgehead atoms. The van der Waals surface area contributed by atoms with Crippen LogP contribution in [0.2, 0.25) is 0 Å². The summed E-state index contributed by atoms with van der Waals surface area (Å²) in [6.07, 6.45) is 7.22. The Labute approximate surface area is 247 Å². The molecule has 0 unspecified atom stereocenters. The van der Waals surface area contributed by atoms with Crippen molar-refractivity contribution in [3.63, 3.8) is 0 Å². The number of furan rings is 1. The second-order valence-electron chi connectivity index (χ2n) is 10.2. The molecule has 0 atom stereocenters. The fourth-order valence-electron chi connectivity index (χ4n) is 5.50. The number of nitrogens with zero attached hydrogens (tertiary/aromatic N) is 5. The minimum Gasteiger partial charge on any atom is -0.455 e. The summed E-state index contributed by atoms with van der Waals surface area (Å²) in [5.74, 6) is 1.81. The van der Waals surface area contributed by atoms with Gasteiger partial charge in [0.15, 0.2) is 17.5 Å². The van der Waals surface area contributed by atoms with E-state index < -0.39 is 0 Å². The van der Waals surface area contributed by atoms with Crippen LogP contribution in [0.1, 0.15) is 0 Å². The van der Waals surface area contributed by atoms with Crippen LogP contribution in [0, 0.1) is 0 Å². The molecule has 0 aliphatic rings. The van der Waals surface area contributed by atoms with Crippen LogP contribution in [0.5, 0.6) is 0 Å². The first kappa shape index (κ1) is 24.8. The molecule has 202 valence electrons. The van der Waals surface area contributed by atoms with Crippen LogP contribution in [0.15, 0.2) is 144 Å². The van der Waals surface area contributed by atoms with Crippen molar-refractivity contribution in [2.24, 2.45) is 0 Å². The zero-order valence-corrected chi connectivity index (χ0v) is 22.9. The van der Waals surface area contributed by atoms with Gasteiger partial charge in [0.2, 0.25) is 0 Å². The fraction of sp³-hybridized carbons (Fsp3) is 0. The third kappa shape index (κ3) is 4.51. The smallest absolute Gasteiger partial charge is 0.164 e. The molecule has 8 aromatic rings. The molecule has 4 heterocycles. The van der Waals surface area contributed by atoms with Crippen LogP contribution in [0.3, 0.4) is 0 Å². The Morgan fingerprint density at radius 1 is 0.419 bits per heavy atom. The topological polar surface area (TPSA) is 77.6 Å². The molecule has 0 radical (unpaired) electrons. The van der Waals surface area contributed by atoms with Gasteiger partial charge in [-0.1, -0.05) is 72.8 Å². The zero-order chi connectivity index (χ0) is 28.6. The Kier molecular flexibility index (Phi) is 6.01. The summed E-state index contributed by atoms with van der Waals surface area (Å²) in [4.78, 5) is 23.4. The van der Waals surface area contributed by atoms with E-state index in [0.717, 1.165) is 60.9 Å². The number of rotatable bonds is 5. The van der Waals surface area contributed by atoms with Crippen molar-refractivity contribution >= 4 is 21.9 Å². The van der Waals surface area contributed by atoms with Crippen molar-refractivity contribution in [3.05, 3.63) is 140 Å². The van der Waals surface area contributed by atoms with Crippen LogP contribution >= 0.6 is 0 Å². The van der Waals surface area contributed by atoms with Crippen molar-refractivity contribution in [3.8, 4) is 56.4 Å². The molecule has 0 aliphatic heterocycles. The van der Waals surface area contributed by atoms with Gasteiger partial charge in [-0.25, -0.2) is 15.0 Å². The number of pyridine rings is 2. The maximum absolute atomic E-state index is 6.62. The molecule has 0 amide bonds. The van der Waals surface area contributed by atoms with E-state index in [2.05, 4.69) is 28.2 Å². The Balaban J connectivity index is 1.43. The summed E-state index contributed by atoms with van der Waals surface area (Å²) in [6, 6.07) is 38.5. The SMILES string of the molecule is c1ccc(-c2nc(-c3ccccc3)nc(-c3cccc4oc5c(-c6ccncc6)cc(-c6ccncc6)cc5c34)n2)cc1. The van der Waals surface area contributed by atoms with Crippen LogP contribution in [-0.4, -0.2) is 24.9 Å². The summed E-state index contributed by atoms with van der Waals surface area (Å²) in [5, 5.41) is 1.93. The lowest BCUT2D eigenvalue weighted by Gasteiger charge is -2.10. The Morgan fingerprint density at radius 3 is 1.63 bits per heavy atom. The van der Waals surface area contributed by atoms with Crippen molar-refractivity contribution in [2.75, 3.05) is 0 Å². The minimum atomic E-state index is 0.584. The number of aromatic nitrogens is 5. The lowest BCUT2D eigenvalue weighted by Crippen LogP contribution is -2.00. The monoisotopic (exact) mass is 553 g/mol. The minimum absolute atomic E-state index is 0.584. The van der Waals surface area contributed by atoms with Gasteiger partial charge in [-0.2, -0.15) is 0 Å². The Bertz CT molecular complexity index is 2160. The van der Waals surface area contributed by atoms with Crippen molar-refractivity contribution in [1.82, 2.24) is 24.9 Å². The lowest BCUT2D eigenvalue weighted by molar-refractivity contribution is 0.670. The first-order valence-electron chi connectivity index (χ1n) is 14.0. The molecule has 4 aromatic carbocycles. The highest BCUT2D eigenvalue weighted by atomic mass is 16.3. The van der Waals surface area contributed by atoms with Gasteiger partial charge in [0.05, 0.1) is 0 Å². The maximum Gasteiger partial charge on any atom is 0.164 e. The van der Waals surface area contributed by atoms with Gasteiger partial charge in [0, 0.05) is 57.8 Å². The molecular formula is C37H23N5O. The normalized spacial score (nSPS) is 11.3. The molecule has 0 N–H and O–H groups in total. The first-order valence-corrected chi connectivity index (χ1v) is 14.0. The third-order valence-electron chi connectivity index (χ3n) is 7.54. The van der Waals surface area contributed by atoms with Crippen molar-refractivity contribution < 1.29 is 4.42 Å². The lowest BCUT2D eigenvalue weighted by atomic mass is 9.95. The Hall–Kier alpha value is -6.01. The van der Waals surface area contributed by atoms with E-state index >= 15 is 0 Å². The second-order valence-corrected chi connectivity index (χ2v) is 10.2. The average Bonchev–Trinajstić information content (AvgIpc) is 3.48. The van der Waals surface area contributed by atoms with E-state index in [9.17, 15) is 0 Å². The van der Waals surface area contributed by atoms with Gasteiger partial charge in [-0.3, -0.25) is 9.97 Å². The predicted molar refractivity (Wildman–Crippen MR) is 170 cm³/mol. The molecular weight excluding hydrogens is 530 g/mol. The largest absolute Gasteiger partial charge is 0.455 e. The van der Waals surface area contributed by atoms with E-state index in [1.165, 1.54) is 0 Å². The summed E-state index contributed by atoms with van der Waals surface area (Å²) < 4.78 is 6.62. The van der Waals surface area contributed by atoms with E-state index in [1.54, 1.807) is 12.4 Å². The Morgan fingerprint density at radius 2 is 1.00 bits per heavy atom. The number of fused-ring (bicyclic) bond motifs is 3. The van der Waals surface area contributed by atoms with E-state index in [-0.39, 0.29) is 0 Å². The molecule has 0 spiro atoms. The number of benzene rings is 4. The molecule has 0 saturated carbocycles. The summed E-state index contributed by atoms with van der Waals surface area (Å²) in [6.45, 7) is 0. The molecule has 4 aromatic heterocycles. The van der Waals surface area contributed by atoms with E-state index in [4.69, 9.17) is 19.4 Å². The quantitative estimate of drug-likeness (QED) is 0.212. The summed E-state index contributed by atoms with van der Waals surface area (Å²) in [5.41, 5.74) is 8.42. The highest BCUT2D eigenvalue weighted by Crippen LogP contribution is 2.42. The molecule has 6 heteroatoms. The van der Waals surface area contributed by atoms with Crippen molar-refractivity contribution in [1.29, 1.82) is 0 Å². The van der Waals surface area contributed by atoms with Crippen LogP contribution < -0.4 is 0 Å². The van der Waals surface area contributed by atoms with E-state index in [1.807, 2.05) is 109 Å². The third-order valence-corrected chi connectivity index (χ3v) is 7.54. The highest BCUT2D eigenvalue weighted by molar-refractivity contribution is 6.16. The molecule has 6 nitrogen and oxygen atoms in total. The van der Waals surface area contributed by atoms with Gasteiger partial charge in [0.1, 0.15) is 11.2 Å². The molecule has 0 aliphatic carbocycles. The summed E-state index contributed by atoms with van der Waals surface area (Å²) >= 11 is 0. The van der Waals surface area contributed by atoms with Gasteiger partial charge in [0.25, 0.3) is 0 Å². The van der Waals surface area contributed by atoms with Crippen LogP contribution in [0.25, 0.3) is 78.4 Å².